The maximum Gasteiger partial charge on any atom is 0.0441 e. The Morgan fingerprint density at radius 2 is 1.76 bits per heavy atom. The third kappa shape index (κ3) is 3.56. The van der Waals surface area contributed by atoms with Crippen molar-refractivity contribution in [2.75, 3.05) is 7.05 Å². The molecule has 1 aliphatic carbocycles. The van der Waals surface area contributed by atoms with E-state index in [9.17, 15) is 0 Å². The molecule has 1 unspecified atom stereocenters. The minimum Gasteiger partial charge on any atom is -0.312 e. The molecule has 1 fully saturated rings. The molecule has 0 spiro atoms. The van der Waals surface area contributed by atoms with Gasteiger partial charge >= 0.3 is 0 Å². The van der Waals surface area contributed by atoms with Crippen LogP contribution in [0, 0.1) is 12.8 Å². The molecule has 1 atom stereocenters. The molecule has 1 heterocycles. The summed E-state index contributed by atoms with van der Waals surface area (Å²) in [6.07, 6.45) is 9.99. The van der Waals surface area contributed by atoms with Gasteiger partial charge < -0.3 is 5.32 Å². The maximum atomic E-state index is 3.56. The lowest BCUT2D eigenvalue weighted by Crippen LogP contribution is -2.25. The van der Waals surface area contributed by atoms with Gasteiger partial charge in [-0.15, -0.1) is 11.3 Å². The van der Waals surface area contributed by atoms with E-state index in [0.717, 1.165) is 5.92 Å². The van der Waals surface area contributed by atoms with E-state index in [2.05, 4.69) is 31.4 Å². The van der Waals surface area contributed by atoms with Gasteiger partial charge in [-0.3, -0.25) is 0 Å². The Hall–Kier alpha value is -0.340. The fraction of sp³-hybridized carbons (Fsp3) is 0.733. The smallest absolute Gasteiger partial charge is 0.0441 e. The molecule has 0 bridgehead atoms. The van der Waals surface area contributed by atoms with Crippen molar-refractivity contribution < 1.29 is 0 Å². The third-order valence-corrected chi connectivity index (χ3v) is 5.08. The lowest BCUT2D eigenvalue weighted by molar-refractivity contribution is 0.302. The lowest BCUT2D eigenvalue weighted by atomic mass is 9.85. The fourth-order valence-corrected chi connectivity index (χ4v) is 4.13. The van der Waals surface area contributed by atoms with E-state index >= 15 is 0 Å². The molecule has 1 saturated carbocycles. The predicted molar refractivity (Wildman–Crippen MR) is 76.7 cm³/mol. The first-order valence-electron chi connectivity index (χ1n) is 7.05. The normalized spacial score (nSPS) is 20.8. The molecule has 1 aromatic heterocycles. The van der Waals surface area contributed by atoms with E-state index in [-0.39, 0.29) is 0 Å². The van der Waals surface area contributed by atoms with Crippen molar-refractivity contribution in [3.8, 4) is 0 Å². The Bertz CT molecular complexity index is 323. The predicted octanol–water partition coefficient (Wildman–Crippen LogP) is 4.68. The van der Waals surface area contributed by atoms with E-state index in [1.54, 1.807) is 0 Å². The van der Waals surface area contributed by atoms with Crippen LogP contribution in [0.1, 0.15) is 60.7 Å². The van der Waals surface area contributed by atoms with Gasteiger partial charge in [0.1, 0.15) is 0 Å². The van der Waals surface area contributed by atoms with Crippen LogP contribution in [0.2, 0.25) is 0 Å². The quantitative estimate of drug-likeness (QED) is 0.822. The molecule has 17 heavy (non-hydrogen) atoms. The highest BCUT2D eigenvalue weighted by atomic mass is 32.1. The van der Waals surface area contributed by atoms with Crippen molar-refractivity contribution in [1.29, 1.82) is 0 Å². The Labute approximate surface area is 110 Å². The Balaban J connectivity index is 2.05. The van der Waals surface area contributed by atoms with Gasteiger partial charge in [0.05, 0.1) is 0 Å². The summed E-state index contributed by atoms with van der Waals surface area (Å²) in [5, 5.41) is 3.56. The van der Waals surface area contributed by atoms with Gasteiger partial charge in [-0.2, -0.15) is 0 Å². The molecule has 0 aromatic carbocycles. The van der Waals surface area contributed by atoms with Gasteiger partial charge in [-0.1, -0.05) is 32.1 Å². The second-order valence-corrected chi connectivity index (χ2v) is 6.64. The minimum absolute atomic E-state index is 0.590. The average Bonchev–Trinajstić information content (AvgIpc) is 2.68. The standard InChI is InChI=1S/C15H25NS/c1-12-10-11-14(17-12)15(16-2)13-8-6-4-3-5-7-9-13/h10-11,13,15-16H,3-9H2,1-2H3. The highest BCUT2D eigenvalue weighted by Crippen LogP contribution is 2.35. The van der Waals surface area contributed by atoms with Crippen molar-refractivity contribution in [1.82, 2.24) is 5.32 Å². The van der Waals surface area contributed by atoms with Crippen LogP contribution in [0.4, 0.5) is 0 Å². The van der Waals surface area contributed by atoms with Crippen molar-refractivity contribution in [3.05, 3.63) is 21.9 Å². The molecule has 1 nitrogen and oxygen atoms in total. The zero-order chi connectivity index (χ0) is 12.1. The van der Waals surface area contributed by atoms with Crippen molar-refractivity contribution in [2.24, 2.45) is 5.92 Å². The van der Waals surface area contributed by atoms with Crippen LogP contribution in [-0.4, -0.2) is 7.05 Å². The van der Waals surface area contributed by atoms with Gasteiger partial charge in [0, 0.05) is 15.8 Å². The summed E-state index contributed by atoms with van der Waals surface area (Å²) in [4.78, 5) is 2.97. The highest BCUT2D eigenvalue weighted by Gasteiger charge is 2.23. The van der Waals surface area contributed by atoms with Crippen LogP contribution in [0.5, 0.6) is 0 Å². The van der Waals surface area contributed by atoms with E-state index in [1.807, 2.05) is 11.3 Å². The monoisotopic (exact) mass is 251 g/mol. The summed E-state index contributed by atoms with van der Waals surface area (Å²) >= 11 is 1.96. The topological polar surface area (TPSA) is 12.0 Å². The summed E-state index contributed by atoms with van der Waals surface area (Å²) in [6.45, 7) is 2.21. The number of thiophene rings is 1. The number of rotatable bonds is 3. The molecular formula is C15H25NS. The van der Waals surface area contributed by atoms with Crippen LogP contribution in [-0.2, 0) is 0 Å². The molecule has 0 aliphatic heterocycles. The highest BCUT2D eigenvalue weighted by molar-refractivity contribution is 7.12. The first kappa shape index (κ1) is 13.1. The van der Waals surface area contributed by atoms with E-state index in [4.69, 9.17) is 0 Å². The Kier molecular flexibility index (Phi) is 5.05. The molecule has 1 aliphatic rings. The van der Waals surface area contributed by atoms with Crippen molar-refractivity contribution in [3.63, 3.8) is 0 Å². The summed E-state index contributed by atoms with van der Waals surface area (Å²) in [6, 6.07) is 5.17. The first-order chi connectivity index (χ1) is 8.31. The van der Waals surface area contributed by atoms with Gasteiger partial charge in [-0.25, -0.2) is 0 Å². The molecule has 0 amide bonds. The van der Waals surface area contributed by atoms with Crippen LogP contribution < -0.4 is 5.32 Å². The lowest BCUT2D eigenvalue weighted by Gasteiger charge is -2.27. The zero-order valence-corrected chi connectivity index (χ0v) is 12.0. The average molecular weight is 251 g/mol. The largest absolute Gasteiger partial charge is 0.312 e. The number of aryl methyl sites for hydroxylation is 1. The van der Waals surface area contributed by atoms with E-state index < -0.39 is 0 Å². The number of hydrogen-bond acceptors (Lipinski definition) is 2. The molecule has 2 rings (SSSR count). The Morgan fingerprint density at radius 3 is 2.29 bits per heavy atom. The van der Waals surface area contributed by atoms with E-state index in [1.165, 1.54) is 54.7 Å². The van der Waals surface area contributed by atoms with Gasteiger partial charge in [0.25, 0.3) is 0 Å². The van der Waals surface area contributed by atoms with Crippen molar-refractivity contribution in [2.45, 2.75) is 57.9 Å². The SMILES string of the molecule is CNC(c1ccc(C)s1)C1CCCCCCC1. The van der Waals surface area contributed by atoms with E-state index in [0.29, 0.717) is 6.04 Å². The summed E-state index contributed by atoms with van der Waals surface area (Å²) < 4.78 is 0. The first-order valence-corrected chi connectivity index (χ1v) is 7.86. The van der Waals surface area contributed by atoms with Crippen LogP contribution in [0.3, 0.4) is 0 Å². The summed E-state index contributed by atoms with van der Waals surface area (Å²) in [5.74, 6) is 0.846. The second-order valence-electron chi connectivity index (χ2n) is 5.32. The Morgan fingerprint density at radius 1 is 1.12 bits per heavy atom. The molecule has 0 radical (unpaired) electrons. The van der Waals surface area contributed by atoms with Crippen molar-refractivity contribution >= 4 is 11.3 Å². The summed E-state index contributed by atoms with van der Waals surface area (Å²) in [7, 11) is 2.12. The number of nitrogens with one attached hydrogen (secondary N) is 1. The van der Waals surface area contributed by atoms with Crippen LogP contribution in [0.25, 0.3) is 0 Å². The molecule has 2 heteroatoms. The minimum atomic E-state index is 0.590. The maximum absolute atomic E-state index is 3.56. The molecule has 1 aromatic rings. The van der Waals surface area contributed by atoms with Crippen LogP contribution in [0.15, 0.2) is 12.1 Å². The third-order valence-electron chi connectivity index (χ3n) is 4.00. The molecule has 0 saturated heterocycles. The van der Waals surface area contributed by atoms with Gasteiger partial charge in [0.2, 0.25) is 0 Å². The number of hydrogen-bond donors (Lipinski definition) is 1. The van der Waals surface area contributed by atoms with Crippen LogP contribution >= 0.6 is 11.3 Å². The zero-order valence-electron chi connectivity index (χ0n) is 11.2. The summed E-state index contributed by atoms with van der Waals surface area (Å²) in [5.41, 5.74) is 0. The van der Waals surface area contributed by atoms with Gasteiger partial charge in [-0.05, 0) is 44.9 Å². The second kappa shape index (κ2) is 6.55. The molecular weight excluding hydrogens is 226 g/mol. The fourth-order valence-electron chi connectivity index (χ4n) is 3.05. The van der Waals surface area contributed by atoms with Gasteiger partial charge in [0.15, 0.2) is 0 Å². The molecule has 1 N–H and O–H groups in total. The molecule has 96 valence electrons.